The Bertz CT molecular complexity index is 2370. The SMILES string of the molecule is CC(O)COc1c(Br)cc(C(C)(C)c2cc(Br)c(OCC(O)COc3c(Br)cc(C(C)(C)c4cc(Br)c(OCC(O)COc5c(Br)cc(Br)cc5Br)c(Br)c4)cc3Br)c(Br)c2)cc1Br. The summed E-state index contributed by atoms with van der Waals surface area (Å²) in [6, 6.07) is 19.8. The van der Waals surface area contributed by atoms with Crippen LogP contribution in [0.2, 0.25) is 0 Å². The van der Waals surface area contributed by atoms with Crippen molar-refractivity contribution in [2.75, 3.05) is 33.0 Å². The second-order valence-corrected chi connectivity index (χ2v) is 25.2. The van der Waals surface area contributed by atoms with E-state index in [-0.39, 0.29) is 33.0 Å². The zero-order valence-corrected chi connectivity index (χ0v) is 52.0. The van der Waals surface area contributed by atoms with Crippen molar-refractivity contribution in [3.05, 3.63) is 132 Å². The standard InChI is InChI=1S/C45H41Br11O8/c1-21(57)16-60-39-29(47)6-22(7-30(39)48)44(2,3)23-8-31(49)40(32(50)9-23)61-17-27(58)18-62-41-33(51)10-24(11-34(41)52)45(4,5)25-12-35(53)42(36(54)13-25)63-19-28(59)20-64-43-37(55)14-26(46)15-38(43)56/h6-15,21,27-28,57-59H,16-20H2,1-5H3. The third-order valence-corrected chi connectivity index (χ3v) is 16.3. The molecule has 0 aromatic heterocycles. The molecule has 64 heavy (non-hydrogen) atoms. The highest BCUT2D eigenvalue weighted by Gasteiger charge is 2.30. The Balaban J connectivity index is 1.19. The molecule has 0 fully saturated rings. The molecule has 3 atom stereocenters. The van der Waals surface area contributed by atoms with Crippen molar-refractivity contribution in [3.8, 4) is 28.7 Å². The monoisotopic (exact) mass is 1580 g/mol. The normalized spacial score (nSPS) is 13.4. The molecule has 5 rings (SSSR count). The molecule has 0 saturated heterocycles. The van der Waals surface area contributed by atoms with Gasteiger partial charge in [0, 0.05) is 15.3 Å². The first-order chi connectivity index (χ1) is 29.9. The summed E-state index contributed by atoms with van der Waals surface area (Å²) in [7, 11) is 0. The zero-order chi connectivity index (χ0) is 47.4. The molecule has 0 spiro atoms. The van der Waals surface area contributed by atoms with Gasteiger partial charge in [-0.2, -0.15) is 0 Å². The van der Waals surface area contributed by atoms with Crippen molar-refractivity contribution in [1.29, 1.82) is 0 Å². The van der Waals surface area contributed by atoms with Gasteiger partial charge < -0.3 is 39.0 Å². The Morgan fingerprint density at radius 1 is 0.359 bits per heavy atom. The van der Waals surface area contributed by atoms with Gasteiger partial charge in [0.1, 0.15) is 74.0 Å². The molecule has 3 unspecified atom stereocenters. The van der Waals surface area contributed by atoms with Crippen LogP contribution in [0.25, 0.3) is 0 Å². The van der Waals surface area contributed by atoms with Gasteiger partial charge in [-0.1, -0.05) is 43.6 Å². The second kappa shape index (κ2) is 23.9. The number of aliphatic hydroxyl groups excluding tert-OH is 3. The number of ether oxygens (including phenoxy) is 5. The minimum absolute atomic E-state index is 0.00661. The Hall–Kier alpha value is 0.260. The lowest BCUT2D eigenvalue weighted by Gasteiger charge is -2.29. The number of hydrogen-bond acceptors (Lipinski definition) is 8. The average molecular weight is 1590 g/mol. The van der Waals surface area contributed by atoms with E-state index in [4.69, 9.17) is 23.7 Å². The molecule has 0 amide bonds. The lowest BCUT2D eigenvalue weighted by atomic mass is 9.78. The Kier molecular flexibility index (Phi) is 20.6. The largest absolute Gasteiger partial charge is 0.489 e. The van der Waals surface area contributed by atoms with E-state index in [9.17, 15) is 15.3 Å². The minimum Gasteiger partial charge on any atom is -0.489 e. The van der Waals surface area contributed by atoms with Crippen LogP contribution >= 0.6 is 175 Å². The fourth-order valence-electron chi connectivity index (χ4n) is 6.25. The third kappa shape index (κ3) is 14.0. The van der Waals surface area contributed by atoms with Gasteiger partial charge in [-0.25, -0.2) is 0 Å². The Labute approximate surface area is 466 Å². The van der Waals surface area contributed by atoms with E-state index in [0.29, 0.717) is 46.6 Å². The molecule has 0 bridgehead atoms. The first kappa shape index (κ1) is 55.2. The summed E-state index contributed by atoms with van der Waals surface area (Å²) in [5, 5.41) is 31.4. The first-order valence-corrected chi connectivity index (χ1v) is 27.9. The van der Waals surface area contributed by atoms with E-state index in [1.165, 1.54) is 0 Å². The maximum atomic E-state index is 11.0. The van der Waals surface area contributed by atoms with Gasteiger partial charge in [0.25, 0.3) is 0 Å². The molecular weight excluding hydrogens is 1550 g/mol. The molecule has 0 aliphatic rings. The quantitative estimate of drug-likeness (QED) is 0.0751. The van der Waals surface area contributed by atoms with Crippen LogP contribution in [0.15, 0.2) is 110 Å². The van der Waals surface area contributed by atoms with E-state index >= 15 is 0 Å². The molecule has 0 aliphatic carbocycles. The minimum atomic E-state index is -0.950. The summed E-state index contributed by atoms with van der Waals surface area (Å²) in [6.45, 7) is 10.3. The van der Waals surface area contributed by atoms with E-state index in [0.717, 1.165) is 53.6 Å². The van der Waals surface area contributed by atoms with Crippen LogP contribution in [0.3, 0.4) is 0 Å². The van der Waals surface area contributed by atoms with Gasteiger partial charge >= 0.3 is 0 Å². The molecule has 346 valence electrons. The predicted octanol–water partition coefficient (Wildman–Crippen LogP) is 16.1. The number of hydrogen-bond donors (Lipinski definition) is 3. The van der Waals surface area contributed by atoms with Gasteiger partial charge in [0.15, 0.2) is 0 Å². The molecule has 5 aromatic rings. The fourth-order valence-corrected chi connectivity index (χ4v) is 14.4. The van der Waals surface area contributed by atoms with E-state index in [1.807, 2.05) is 60.7 Å². The number of halogens is 11. The van der Waals surface area contributed by atoms with E-state index in [2.05, 4.69) is 203 Å². The maximum Gasteiger partial charge on any atom is 0.147 e. The topological polar surface area (TPSA) is 107 Å². The van der Waals surface area contributed by atoms with Crippen LogP contribution in [-0.4, -0.2) is 66.7 Å². The van der Waals surface area contributed by atoms with Crippen molar-refractivity contribution in [2.45, 2.75) is 63.8 Å². The molecule has 19 heteroatoms. The van der Waals surface area contributed by atoms with Crippen molar-refractivity contribution in [3.63, 3.8) is 0 Å². The van der Waals surface area contributed by atoms with Crippen LogP contribution in [0.1, 0.15) is 56.9 Å². The molecule has 0 heterocycles. The zero-order valence-electron chi connectivity index (χ0n) is 34.6. The summed E-state index contributed by atoms with van der Waals surface area (Å²) in [4.78, 5) is 0. The highest BCUT2D eigenvalue weighted by molar-refractivity contribution is 9.12. The summed E-state index contributed by atoms with van der Waals surface area (Å²) < 4.78 is 38.2. The average Bonchev–Trinajstić information content (AvgIpc) is 3.18. The van der Waals surface area contributed by atoms with Crippen molar-refractivity contribution >= 4 is 175 Å². The Morgan fingerprint density at radius 2 is 0.547 bits per heavy atom. The van der Waals surface area contributed by atoms with Gasteiger partial charge in [-0.3, -0.25) is 0 Å². The van der Waals surface area contributed by atoms with Gasteiger partial charge in [0.2, 0.25) is 0 Å². The second-order valence-electron chi connectivity index (χ2n) is 15.7. The number of aliphatic hydroxyl groups is 3. The highest BCUT2D eigenvalue weighted by Crippen LogP contribution is 2.46. The lowest BCUT2D eigenvalue weighted by molar-refractivity contribution is 0.0615. The first-order valence-electron chi connectivity index (χ1n) is 19.2. The van der Waals surface area contributed by atoms with E-state index < -0.39 is 29.1 Å². The van der Waals surface area contributed by atoms with Crippen molar-refractivity contribution in [1.82, 2.24) is 0 Å². The highest BCUT2D eigenvalue weighted by atomic mass is 79.9. The maximum absolute atomic E-state index is 11.0. The van der Waals surface area contributed by atoms with Crippen LogP contribution in [-0.2, 0) is 10.8 Å². The lowest BCUT2D eigenvalue weighted by Crippen LogP contribution is -2.26. The van der Waals surface area contributed by atoms with Gasteiger partial charge in [-0.15, -0.1) is 0 Å². The number of benzene rings is 5. The van der Waals surface area contributed by atoms with Crippen LogP contribution in [0.5, 0.6) is 28.7 Å². The van der Waals surface area contributed by atoms with Crippen molar-refractivity contribution in [2.24, 2.45) is 0 Å². The summed E-state index contributed by atoms with van der Waals surface area (Å²) in [5.74, 6) is 2.86. The molecule has 5 aromatic carbocycles. The summed E-state index contributed by atoms with van der Waals surface area (Å²) in [5.41, 5.74) is 3.13. The van der Waals surface area contributed by atoms with Crippen LogP contribution in [0, 0.1) is 0 Å². The molecule has 0 radical (unpaired) electrons. The molecule has 8 nitrogen and oxygen atoms in total. The van der Waals surface area contributed by atoms with Crippen LogP contribution < -0.4 is 23.7 Å². The summed E-state index contributed by atoms with van der Waals surface area (Å²) >= 11 is 39.9. The molecule has 0 aliphatic heterocycles. The van der Waals surface area contributed by atoms with Gasteiger partial charge in [0.05, 0.1) is 50.8 Å². The predicted molar refractivity (Wildman–Crippen MR) is 292 cm³/mol. The molecule has 0 saturated carbocycles. The smallest absolute Gasteiger partial charge is 0.147 e. The number of rotatable bonds is 19. The third-order valence-electron chi connectivity index (χ3n) is 9.99. The fraction of sp³-hybridized carbons (Fsp3) is 0.333. The van der Waals surface area contributed by atoms with Crippen LogP contribution in [0.4, 0.5) is 0 Å². The van der Waals surface area contributed by atoms with E-state index in [1.54, 1.807) is 6.92 Å². The van der Waals surface area contributed by atoms with Gasteiger partial charge in [-0.05, 0) is 249 Å². The van der Waals surface area contributed by atoms with Crippen molar-refractivity contribution < 1.29 is 39.0 Å². The molecular formula is C45H41Br11O8. The summed E-state index contributed by atoms with van der Waals surface area (Å²) in [6.07, 6.45) is -2.44. The Morgan fingerprint density at radius 3 is 0.750 bits per heavy atom. The molecule has 3 N–H and O–H groups in total.